The highest BCUT2D eigenvalue weighted by atomic mass is 35.5. The highest BCUT2D eigenvalue weighted by Gasteiger charge is 2.20. The first-order chi connectivity index (χ1) is 15.6. The van der Waals surface area contributed by atoms with Gasteiger partial charge in [0, 0.05) is 43.9 Å². The second-order valence-corrected chi connectivity index (χ2v) is 7.89. The number of benzene rings is 2. The van der Waals surface area contributed by atoms with Crippen molar-refractivity contribution in [2.75, 3.05) is 45.4 Å². The van der Waals surface area contributed by atoms with Gasteiger partial charge in [0.25, 0.3) is 5.91 Å². The van der Waals surface area contributed by atoms with Crippen LogP contribution in [0.1, 0.15) is 5.56 Å². The molecular weight excluding hydrogens is 432 g/mol. The summed E-state index contributed by atoms with van der Waals surface area (Å²) in [6.45, 7) is 4.12. The molecule has 1 fully saturated rings. The van der Waals surface area contributed by atoms with E-state index in [1.54, 1.807) is 24.4 Å². The summed E-state index contributed by atoms with van der Waals surface area (Å²) >= 11 is 6.01. The third-order valence-electron chi connectivity index (χ3n) is 5.34. The number of halogens is 1. The fourth-order valence-electron chi connectivity index (χ4n) is 3.64. The number of piperazine rings is 1. The molecule has 0 aliphatic carbocycles. The normalized spacial score (nSPS) is 15.9. The van der Waals surface area contributed by atoms with Crippen molar-refractivity contribution in [2.45, 2.75) is 6.54 Å². The first kappa shape index (κ1) is 21.8. The topological polar surface area (TPSA) is 87.1 Å². The Hall–Kier alpha value is -3.41. The van der Waals surface area contributed by atoms with Gasteiger partial charge in [-0.1, -0.05) is 17.7 Å². The summed E-state index contributed by atoms with van der Waals surface area (Å²) in [6.07, 6.45) is 1.62. The molecule has 0 unspecified atom stereocenters. The van der Waals surface area contributed by atoms with Crippen LogP contribution in [0.3, 0.4) is 0 Å². The molecule has 0 radical (unpaired) electrons. The summed E-state index contributed by atoms with van der Waals surface area (Å²) in [4.78, 5) is 16.9. The second kappa shape index (κ2) is 9.81. The molecule has 32 heavy (non-hydrogen) atoms. The summed E-state index contributed by atoms with van der Waals surface area (Å²) in [5.74, 6) is 1.53. The quantitative estimate of drug-likeness (QED) is 0.529. The van der Waals surface area contributed by atoms with Gasteiger partial charge in [-0.25, -0.2) is 0 Å². The number of methoxy groups -OCH3 is 1. The van der Waals surface area contributed by atoms with E-state index < -0.39 is 5.91 Å². The van der Waals surface area contributed by atoms with Crippen molar-refractivity contribution in [3.05, 3.63) is 58.8 Å². The zero-order chi connectivity index (χ0) is 22.5. The van der Waals surface area contributed by atoms with Crippen LogP contribution in [-0.4, -0.2) is 55.8 Å². The molecule has 0 bridgehead atoms. The maximum Gasteiger partial charge on any atom is 0.267 e. The third-order valence-corrected chi connectivity index (χ3v) is 5.57. The number of rotatable bonds is 6. The van der Waals surface area contributed by atoms with E-state index in [0.29, 0.717) is 29.5 Å². The lowest BCUT2D eigenvalue weighted by Gasteiger charge is -2.34. The minimum absolute atomic E-state index is 0.0243. The first-order valence-corrected chi connectivity index (χ1v) is 10.6. The highest BCUT2D eigenvalue weighted by Crippen LogP contribution is 2.33. The largest absolute Gasteiger partial charge is 0.495 e. The first-order valence-electron chi connectivity index (χ1n) is 10.2. The van der Waals surface area contributed by atoms with Crippen LogP contribution in [0.4, 0.5) is 5.69 Å². The van der Waals surface area contributed by atoms with Gasteiger partial charge in [-0.15, -0.1) is 0 Å². The van der Waals surface area contributed by atoms with Crippen LogP contribution in [0.5, 0.6) is 17.2 Å². The number of carbonyl (C=O) groups is 1. The molecule has 166 valence electrons. The van der Waals surface area contributed by atoms with Gasteiger partial charge in [-0.05, 0) is 35.9 Å². The minimum atomic E-state index is -0.504. The number of nitrogens with one attached hydrogen (secondary N) is 1. The number of amides is 1. The zero-order valence-corrected chi connectivity index (χ0v) is 18.4. The van der Waals surface area contributed by atoms with Gasteiger partial charge in [0.05, 0.1) is 12.8 Å². The molecule has 8 nitrogen and oxygen atoms in total. The average Bonchev–Trinajstić information content (AvgIpc) is 3.26. The Morgan fingerprint density at radius 3 is 2.72 bits per heavy atom. The van der Waals surface area contributed by atoms with Gasteiger partial charge in [-0.3, -0.25) is 9.69 Å². The van der Waals surface area contributed by atoms with Crippen molar-refractivity contribution in [1.82, 2.24) is 9.80 Å². The number of ether oxygens (including phenoxy) is 3. The van der Waals surface area contributed by atoms with Gasteiger partial charge >= 0.3 is 0 Å². The van der Waals surface area contributed by atoms with Crippen LogP contribution in [-0.2, 0) is 11.3 Å². The predicted molar refractivity (Wildman–Crippen MR) is 120 cm³/mol. The van der Waals surface area contributed by atoms with Gasteiger partial charge in [0.15, 0.2) is 11.5 Å². The Morgan fingerprint density at radius 2 is 1.97 bits per heavy atom. The molecule has 2 aliphatic rings. The van der Waals surface area contributed by atoms with E-state index in [-0.39, 0.29) is 12.4 Å². The lowest BCUT2D eigenvalue weighted by atomic mass is 10.1. The molecule has 1 saturated heterocycles. The lowest BCUT2D eigenvalue weighted by Crippen LogP contribution is -2.43. The molecule has 2 heterocycles. The van der Waals surface area contributed by atoms with Gasteiger partial charge in [0.1, 0.15) is 17.4 Å². The Balaban J connectivity index is 1.34. The van der Waals surface area contributed by atoms with Crippen molar-refractivity contribution in [3.8, 4) is 23.3 Å². The Morgan fingerprint density at radius 1 is 1.19 bits per heavy atom. The predicted octanol–water partition coefficient (Wildman–Crippen LogP) is 3.24. The number of fused-ring (bicyclic) bond motifs is 1. The monoisotopic (exact) mass is 454 g/mol. The van der Waals surface area contributed by atoms with E-state index in [1.165, 1.54) is 7.11 Å². The van der Waals surface area contributed by atoms with Crippen molar-refractivity contribution in [2.24, 2.45) is 0 Å². The number of carbonyl (C=O) groups excluding carboxylic acids is 1. The summed E-state index contributed by atoms with van der Waals surface area (Å²) in [5, 5.41) is 12.7. The van der Waals surface area contributed by atoms with Crippen molar-refractivity contribution < 1.29 is 19.0 Å². The highest BCUT2D eigenvalue weighted by molar-refractivity contribution is 6.31. The van der Waals surface area contributed by atoms with Gasteiger partial charge in [-0.2, -0.15) is 5.26 Å². The third kappa shape index (κ3) is 5.07. The molecule has 2 aliphatic heterocycles. The van der Waals surface area contributed by atoms with Crippen LogP contribution in [0, 0.1) is 11.3 Å². The maximum atomic E-state index is 12.6. The molecule has 0 spiro atoms. The Labute approximate surface area is 191 Å². The van der Waals surface area contributed by atoms with Crippen molar-refractivity contribution >= 4 is 23.2 Å². The average molecular weight is 455 g/mol. The second-order valence-electron chi connectivity index (χ2n) is 7.45. The van der Waals surface area contributed by atoms with E-state index in [2.05, 4.69) is 10.2 Å². The van der Waals surface area contributed by atoms with Crippen molar-refractivity contribution in [3.63, 3.8) is 0 Å². The van der Waals surface area contributed by atoms with E-state index in [9.17, 15) is 10.1 Å². The number of hydrogen-bond donors (Lipinski definition) is 1. The van der Waals surface area contributed by atoms with E-state index in [4.69, 9.17) is 25.8 Å². The van der Waals surface area contributed by atoms with E-state index in [0.717, 1.165) is 36.7 Å². The molecule has 4 rings (SSSR count). The summed E-state index contributed by atoms with van der Waals surface area (Å²) in [5.41, 5.74) is 1.60. The minimum Gasteiger partial charge on any atom is -0.495 e. The molecule has 2 aromatic carbocycles. The maximum absolute atomic E-state index is 12.6. The number of nitriles is 1. The molecule has 2 aromatic rings. The van der Waals surface area contributed by atoms with Gasteiger partial charge in [0.2, 0.25) is 6.79 Å². The van der Waals surface area contributed by atoms with Crippen molar-refractivity contribution in [1.29, 1.82) is 5.26 Å². The molecule has 0 saturated carbocycles. The SMILES string of the molecule is COc1ccc(Cl)cc1NC(=O)/C(C#N)=C\N1CCN(Cc2ccc3c(c2)OCO3)CC1. The Kier molecular flexibility index (Phi) is 6.69. The molecule has 1 amide bonds. The number of nitrogens with zero attached hydrogens (tertiary/aromatic N) is 3. The molecule has 9 heteroatoms. The smallest absolute Gasteiger partial charge is 0.267 e. The van der Waals surface area contributed by atoms with Crippen LogP contribution in [0.25, 0.3) is 0 Å². The zero-order valence-electron chi connectivity index (χ0n) is 17.6. The van der Waals surface area contributed by atoms with Crippen LogP contribution < -0.4 is 19.5 Å². The molecule has 0 aromatic heterocycles. The fraction of sp³-hybridized carbons (Fsp3) is 0.304. The number of anilines is 1. The summed E-state index contributed by atoms with van der Waals surface area (Å²) in [6, 6.07) is 12.9. The molecule has 1 N–H and O–H groups in total. The van der Waals surface area contributed by atoms with Crippen LogP contribution in [0.15, 0.2) is 48.2 Å². The Bertz CT molecular complexity index is 1070. The summed E-state index contributed by atoms with van der Waals surface area (Å²) in [7, 11) is 1.50. The van der Waals surface area contributed by atoms with Crippen LogP contribution in [0.2, 0.25) is 5.02 Å². The van der Waals surface area contributed by atoms with E-state index in [1.807, 2.05) is 29.2 Å². The standard InChI is InChI=1S/C23H23ClN4O4/c1-30-20-5-3-18(24)11-19(20)26-23(29)17(12-25)14-28-8-6-27(7-9-28)13-16-2-4-21-22(10-16)32-15-31-21/h2-5,10-11,14H,6-9,13,15H2,1H3,(H,26,29)/b17-14-. The molecular formula is C23H23ClN4O4. The fourth-order valence-corrected chi connectivity index (χ4v) is 3.81. The van der Waals surface area contributed by atoms with Gasteiger partial charge < -0.3 is 24.4 Å². The molecule has 0 atom stereocenters. The van der Waals surface area contributed by atoms with Crippen LogP contribution >= 0.6 is 11.6 Å². The number of hydrogen-bond acceptors (Lipinski definition) is 7. The lowest BCUT2D eigenvalue weighted by molar-refractivity contribution is -0.112. The van der Waals surface area contributed by atoms with E-state index >= 15 is 0 Å². The summed E-state index contributed by atoms with van der Waals surface area (Å²) < 4.78 is 16.0.